The van der Waals surface area contributed by atoms with Gasteiger partial charge in [-0.3, -0.25) is 9.69 Å². The van der Waals surface area contributed by atoms with E-state index in [1.807, 2.05) is 42.1 Å². The van der Waals surface area contributed by atoms with Gasteiger partial charge >= 0.3 is 0 Å². The van der Waals surface area contributed by atoms with Crippen LogP contribution in [0.25, 0.3) is 0 Å². The smallest absolute Gasteiger partial charge is 0.251 e. The Balaban J connectivity index is 1.36. The van der Waals surface area contributed by atoms with Gasteiger partial charge in [-0.1, -0.05) is 30.3 Å². The Labute approximate surface area is 176 Å². The molecule has 0 spiro atoms. The zero-order valence-corrected chi connectivity index (χ0v) is 17.3. The van der Waals surface area contributed by atoms with Gasteiger partial charge in [0.15, 0.2) is 0 Å². The lowest BCUT2D eigenvalue weighted by atomic mass is 9.95. The summed E-state index contributed by atoms with van der Waals surface area (Å²) in [7, 11) is 0. The van der Waals surface area contributed by atoms with Crippen LogP contribution in [0, 0.1) is 0 Å². The lowest BCUT2D eigenvalue weighted by molar-refractivity contribution is -0.0129. The topological polar surface area (TPSA) is 63.7 Å². The molecule has 1 amide bonds. The van der Waals surface area contributed by atoms with E-state index in [-0.39, 0.29) is 11.4 Å². The Morgan fingerprint density at radius 3 is 2.83 bits per heavy atom. The van der Waals surface area contributed by atoms with Gasteiger partial charge in [-0.05, 0) is 23.8 Å². The summed E-state index contributed by atoms with van der Waals surface area (Å²) in [6.07, 6.45) is 2.72. The number of thioether (sulfide) groups is 1. The monoisotopic (exact) mass is 413 g/mol. The van der Waals surface area contributed by atoms with Crippen LogP contribution >= 0.6 is 11.8 Å². The van der Waals surface area contributed by atoms with E-state index in [1.165, 1.54) is 0 Å². The number of nitrogens with zero attached hydrogens (tertiary/aromatic N) is 2. The maximum absolute atomic E-state index is 12.8. The highest BCUT2D eigenvalue weighted by Gasteiger charge is 2.40. The van der Waals surface area contributed by atoms with Crippen LogP contribution in [0.4, 0.5) is 0 Å². The first-order chi connectivity index (χ1) is 14.3. The second kappa shape index (κ2) is 9.61. The molecule has 0 radical (unpaired) electrons. The summed E-state index contributed by atoms with van der Waals surface area (Å²) in [4.78, 5) is 19.5. The number of carbonyl (C=O) groups excluding carboxylic acids is 1. The first kappa shape index (κ1) is 20.2. The standard InChI is InChI=1S/C22H27N3O3S/c26-21(24-16-22(7-13-29-17-22)25-9-11-27-12-10-25)19-6-8-23-20(14-19)28-15-18-4-2-1-3-5-18/h1-6,8,14H,7,9-13,15-17H2,(H,24,26). The molecule has 0 bridgehead atoms. The number of benzene rings is 1. The summed E-state index contributed by atoms with van der Waals surface area (Å²) in [6.45, 7) is 4.49. The lowest BCUT2D eigenvalue weighted by Gasteiger charge is -2.43. The van der Waals surface area contributed by atoms with Crippen LogP contribution in [0.1, 0.15) is 22.3 Å². The molecule has 154 valence electrons. The molecule has 0 saturated carbocycles. The zero-order chi connectivity index (χ0) is 19.9. The number of rotatable bonds is 7. The lowest BCUT2D eigenvalue weighted by Crippen LogP contribution is -2.59. The molecule has 1 aromatic heterocycles. The molecular weight excluding hydrogens is 386 g/mol. The summed E-state index contributed by atoms with van der Waals surface area (Å²) in [5, 5.41) is 3.16. The van der Waals surface area contributed by atoms with E-state index in [0.717, 1.165) is 49.8 Å². The Bertz CT molecular complexity index is 806. The number of hydrogen-bond acceptors (Lipinski definition) is 6. The summed E-state index contributed by atoms with van der Waals surface area (Å²) >= 11 is 1.97. The third kappa shape index (κ3) is 5.10. The molecule has 29 heavy (non-hydrogen) atoms. The quantitative estimate of drug-likeness (QED) is 0.753. The molecule has 2 aliphatic heterocycles. The predicted octanol–water partition coefficient (Wildman–Crippen LogP) is 2.60. The van der Waals surface area contributed by atoms with E-state index in [1.54, 1.807) is 18.3 Å². The normalized spacial score (nSPS) is 22.3. The molecule has 2 fully saturated rings. The number of nitrogens with one attached hydrogen (secondary N) is 1. The van der Waals surface area contributed by atoms with Gasteiger partial charge in [0, 0.05) is 48.8 Å². The fraction of sp³-hybridized carbons (Fsp3) is 0.455. The molecule has 2 saturated heterocycles. The van der Waals surface area contributed by atoms with Crippen molar-refractivity contribution in [3.8, 4) is 5.88 Å². The Morgan fingerprint density at radius 1 is 1.24 bits per heavy atom. The Hall–Kier alpha value is -2.09. The number of pyridine rings is 1. The van der Waals surface area contributed by atoms with Crippen molar-refractivity contribution in [1.82, 2.24) is 15.2 Å². The number of aromatic nitrogens is 1. The first-order valence-corrected chi connectivity index (χ1v) is 11.2. The summed E-state index contributed by atoms with van der Waals surface area (Å²) in [5.41, 5.74) is 1.67. The Morgan fingerprint density at radius 2 is 2.07 bits per heavy atom. The van der Waals surface area contributed by atoms with E-state index in [9.17, 15) is 4.79 Å². The predicted molar refractivity (Wildman–Crippen MR) is 114 cm³/mol. The largest absolute Gasteiger partial charge is 0.473 e. The van der Waals surface area contributed by atoms with E-state index in [2.05, 4.69) is 15.2 Å². The first-order valence-electron chi connectivity index (χ1n) is 10.1. The molecule has 1 unspecified atom stereocenters. The van der Waals surface area contributed by atoms with Crippen LogP contribution in [-0.4, -0.2) is 65.7 Å². The summed E-state index contributed by atoms with van der Waals surface area (Å²) in [6, 6.07) is 13.4. The van der Waals surface area contributed by atoms with Crippen LogP contribution in [-0.2, 0) is 11.3 Å². The third-order valence-electron chi connectivity index (χ3n) is 5.57. The van der Waals surface area contributed by atoms with Gasteiger partial charge in [0.1, 0.15) is 6.61 Å². The molecule has 6 nitrogen and oxygen atoms in total. The Kier molecular flexibility index (Phi) is 6.69. The molecule has 7 heteroatoms. The minimum atomic E-state index is -0.0819. The van der Waals surface area contributed by atoms with Gasteiger partial charge in [0.05, 0.1) is 13.2 Å². The van der Waals surface area contributed by atoms with E-state index < -0.39 is 0 Å². The van der Waals surface area contributed by atoms with Crippen molar-refractivity contribution in [2.45, 2.75) is 18.6 Å². The number of hydrogen-bond donors (Lipinski definition) is 1. The fourth-order valence-corrected chi connectivity index (χ4v) is 5.32. The van der Waals surface area contributed by atoms with Crippen LogP contribution < -0.4 is 10.1 Å². The average Bonchev–Trinajstić information content (AvgIpc) is 3.28. The SMILES string of the molecule is O=C(NCC1(N2CCOCC2)CCSC1)c1ccnc(OCc2ccccc2)c1. The minimum absolute atomic E-state index is 0.0315. The van der Waals surface area contributed by atoms with Crippen molar-refractivity contribution in [3.63, 3.8) is 0 Å². The van der Waals surface area contributed by atoms with Crippen molar-refractivity contribution in [2.75, 3.05) is 44.4 Å². The molecule has 0 aliphatic carbocycles. The molecule has 2 aromatic rings. The van der Waals surface area contributed by atoms with Crippen molar-refractivity contribution >= 4 is 17.7 Å². The fourth-order valence-electron chi connectivity index (χ4n) is 3.84. The molecule has 1 atom stereocenters. The van der Waals surface area contributed by atoms with Crippen molar-refractivity contribution in [1.29, 1.82) is 0 Å². The maximum atomic E-state index is 12.8. The number of amides is 1. The molecule has 4 rings (SSSR count). The van der Waals surface area contributed by atoms with E-state index >= 15 is 0 Å². The van der Waals surface area contributed by atoms with Gasteiger partial charge in [-0.15, -0.1) is 0 Å². The number of carbonyl (C=O) groups is 1. The number of morpholine rings is 1. The van der Waals surface area contributed by atoms with Crippen LogP contribution in [0.5, 0.6) is 5.88 Å². The van der Waals surface area contributed by atoms with E-state index in [4.69, 9.17) is 9.47 Å². The molecular formula is C22H27N3O3S. The van der Waals surface area contributed by atoms with Crippen molar-refractivity contribution < 1.29 is 14.3 Å². The third-order valence-corrected chi connectivity index (χ3v) is 6.80. The van der Waals surface area contributed by atoms with Crippen LogP contribution in [0.3, 0.4) is 0 Å². The van der Waals surface area contributed by atoms with Crippen molar-refractivity contribution in [3.05, 3.63) is 59.8 Å². The molecule has 1 aromatic carbocycles. The van der Waals surface area contributed by atoms with Crippen molar-refractivity contribution in [2.24, 2.45) is 0 Å². The molecule has 2 aliphatic rings. The van der Waals surface area contributed by atoms with Gasteiger partial charge in [-0.25, -0.2) is 4.98 Å². The van der Waals surface area contributed by atoms with Gasteiger partial charge in [0.2, 0.25) is 5.88 Å². The highest BCUT2D eigenvalue weighted by atomic mass is 32.2. The van der Waals surface area contributed by atoms with Crippen LogP contribution in [0.15, 0.2) is 48.7 Å². The zero-order valence-electron chi connectivity index (χ0n) is 16.5. The highest BCUT2D eigenvalue weighted by Crippen LogP contribution is 2.33. The summed E-state index contributed by atoms with van der Waals surface area (Å²) < 4.78 is 11.3. The highest BCUT2D eigenvalue weighted by molar-refractivity contribution is 7.99. The average molecular weight is 414 g/mol. The molecule has 3 heterocycles. The van der Waals surface area contributed by atoms with Gasteiger partial charge in [-0.2, -0.15) is 11.8 Å². The maximum Gasteiger partial charge on any atom is 0.251 e. The molecule has 1 N–H and O–H groups in total. The summed E-state index contributed by atoms with van der Waals surface area (Å²) in [5.74, 6) is 2.57. The van der Waals surface area contributed by atoms with Crippen LogP contribution in [0.2, 0.25) is 0 Å². The second-order valence-electron chi connectivity index (χ2n) is 7.47. The van der Waals surface area contributed by atoms with Gasteiger partial charge < -0.3 is 14.8 Å². The minimum Gasteiger partial charge on any atom is -0.473 e. The second-order valence-corrected chi connectivity index (χ2v) is 8.57. The number of ether oxygens (including phenoxy) is 2. The van der Waals surface area contributed by atoms with E-state index in [0.29, 0.717) is 24.6 Å². The van der Waals surface area contributed by atoms with Gasteiger partial charge in [0.25, 0.3) is 5.91 Å².